The molecule has 2 rings (SSSR count). The monoisotopic (exact) mass is 493 g/mol. The minimum absolute atomic E-state index is 0. The van der Waals surface area contributed by atoms with Crippen molar-refractivity contribution in [3.8, 4) is 0 Å². The predicted molar refractivity (Wildman–Crippen MR) is 120 cm³/mol. The lowest BCUT2D eigenvalue weighted by atomic mass is 10.2. The Bertz CT molecular complexity index is 576. The molecule has 1 aliphatic rings. The van der Waals surface area contributed by atoms with E-state index in [0.717, 1.165) is 63.6 Å². The normalized spacial score (nSPS) is 14.7. The lowest BCUT2D eigenvalue weighted by Crippen LogP contribution is -2.38. The van der Waals surface area contributed by atoms with Gasteiger partial charge in [-0.2, -0.15) is 0 Å². The molecular formula is C18H32IN5OS. The van der Waals surface area contributed by atoms with E-state index in [9.17, 15) is 4.79 Å². The van der Waals surface area contributed by atoms with Crippen molar-refractivity contribution in [2.75, 3.05) is 32.7 Å². The highest BCUT2D eigenvalue weighted by molar-refractivity contribution is 14.0. The first-order valence-electron chi connectivity index (χ1n) is 9.34. The molecule has 6 nitrogen and oxygen atoms in total. The number of thiazole rings is 1. The van der Waals surface area contributed by atoms with E-state index in [1.807, 2.05) is 4.90 Å². The maximum Gasteiger partial charge on any atom is 0.222 e. The first-order valence-corrected chi connectivity index (χ1v) is 10.2. The molecule has 0 radical (unpaired) electrons. The Balaban J connectivity index is 0.00000338. The number of hydrogen-bond donors (Lipinski definition) is 2. The van der Waals surface area contributed by atoms with E-state index in [-0.39, 0.29) is 29.9 Å². The second-order valence-corrected chi connectivity index (χ2v) is 7.50. The van der Waals surface area contributed by atoms with Crippen LogP contribution in [0.15, 0.2) is 10.4 Å². The van der Waals surface area contributed by atoms with Crippen molar-refractivity contribution in [2.45, 2.75) is 52.4 Å². The summed E-state index contributed by atoms with van der Waals surface area (Å²) in [4.78, 5) is 22.8. The van der Waals surface area contributed by atoms with Crippen LogP contribution < -0.4 is 10.6 Å². The van der Waals surface area contributed by atoms with Gasteiger partial charge in [0.25, 0.3) is 0 Å². The number of likely N-dealkylation sites (tertiary alicyclic amines) is 1. The standard InChI is InChI=1S/C18H31N5OS.HI/c1-4-19-18(20-9-6-12-23-11-5-7-16(23)24)21-10-8-15-13-25-17(22-15)14(2)3;/h13-14H,4-12H2,1-3H3,(H2,19,20,21);1H. The number of amides is 1. The minimum Gasteiger partial charge on any atom is -0.357 e. The van der Waals surface area contributed by atoms with Gasteiger partial charge in [-0.05, 0) is 19.8 Å². The van der Waals surface area contributed by atoms with Crippen LogP contribution in [0.3, 0.4) is 0 Å². The molecule has 2 N–H and O–H groups in total. The zero-order valence-electron chi connectivity index (χ0n) is 16.1. The van der Waals surface area contributed by atoms with E-state index in [2.05, 4.69) is 46.8 Å². The topological polar surface area (TPSA) is 69.6 Å². The third-order valence-electron chi connectivity index (χ3n) is 4.11. The first kappa shape index (κ1) is 23.1. The lowest BCUT2D eigenvalue weighted by Gasteiger charge is -2.15. The number of aromatic nitrogens is 1. The second kappa shape index (κ2) is 12.5. The molecular weight excluding hydrogens is 461 g/mol. The maximum absolute atomic E-state index is 11.6. The molecule has 0 aromatic carbocycles. The number of hydrogen-bond acceptors (Lipinski definition) is 4. The van der Waals surface area contributed by atoms with E-state index in [1.54, 1.807) is 11.3 Å². The van der Waals surface area contributed by atoms with Gasteiger partial charge in [-0.15, -0.1) is 35.3 Å². The molecule has 0 spiro atoms. The number of nitrogens with zero attached hydrogens (tertiary/aromatic N) is 3. The molecule has 1 saturated heterocycles. The van der Waals surface area contributed by atoms with Gasteiger partial charge in [-0.25, -0.2) is 4.98 Å². The molecule has 148 valence electrons. The Hall–Kier alpha value is -0.900. The molecule has 2 heterocycles. The number of aliphatic imine (C=N–C) groups is 1. The Morgan fingerprint density at radius 1 is 1.42 bits per heavy atom. The molecule has 26 heavy (non-hydrogen) atoms. The van der Waals surface area contributed by atoms with Gasteiger partial charge in [-0.1, -0.05) is 13.8 Å². The average molecular weight is 493 g/mol. The second-order valence-electron chi connectivity index (χ2n) is 6.61. The molecule has 1 aromatic heterocycles. The summed E-state index contributed by atoms with van der Waals surface area (Å²) >= 11 is 1.74. The molecule has 1 fully saturated rings. The van der Waals surface area contributed by atoms with Crippen molar-refractivity contribution in [2.24, 2.45) is 4.99 Å². The van der Waals surface area contributed by atoms with Crippen molar-refractivity contribution in [3.63, 3.8) is 0 Å². The number of rotatable bonds is 9. The Morgan fingerprint density at radius 3 is 2.85 bits per heavy atom. The van der Waals surface area contributed by atoms with Crippen molar-refractivity contribution in [3.05, 3.63) is 16.1 Å². The fourth-order valence-electron chi connectivity index (χ4n) is 2.75. The van der Waals surface area contributed by atoms with Crippen LogP contribution in [0.25, 0.3) is 0 Å². The van der Waals surface area contributed by atoms with Crippen molar-refractivity contribution < 1.29 is 4.79 Å². The summed E-state index contributed by atoms with van der Waals surface area (Å²) in [5.41, 5.74) is 1.14. The molecule has 0 atom stereocenters. The van der Waals surface area contributed by atoms with Crippen molar-refractivity contribution >= 4 is 47.2 Å². The SMILES string of the molecule is CCNC(=NCCCN1CCCC1=O)NCCc1csc(C(C)C)n1.I. The smallest absolute Gasteiger partial charge is 0.222 e. The summed E-state index contributed by atoms with van der Waals surface area (Å²) < 4.78 is 0. The highest BCUT2D eigenvalue weighted by Gasteiger charge is 2.18. The van der Waals surface area contributed by atoms with Crippen molar-refractivity contribution in [1.29, 1.82) is 0 Å². The van der Waals surface area contributed by atoms with Crippen molar-refractivity contribution in [1.82, 2.24) is 20.5 Å². The highest BCUT2D eigenvalue weighted by Crippen LogP contribution is 2.19. The summed E-state index contributed by atoms with van der Waals surface area (Å²) in [6.07, 6.45) is 3.52. The van der Waals surface area contributed by atoms with Crippen LogP contribution in [0.2, 0.25) is 0 Å². The van der Waals surface area contributed by atoms with Crippen LogP contribution in [0.5, 0.6) is 0 Å². The number of halogens is 1. The summed E-state index contributed by atoms with van der Waals surface area (Å²) in [6, 6.07) is 0. The minimum atomic E-state index is 0. The maximum atomic E-state index is 11.6. The van der Waals surface area contributed by atoms with Crippen LogP contribution in [-0.4, -0.2) is 54.5 Å². The molecule has 0 bridgehead atoms. The Morgan fingerprint density at radius 2 is 2.23 bits per heavy atom. The number of carbonyl (C=O) groups excluding carboxylic acids is 1. The highest BCUT2D eigenvalue weighted by atomic mass is 127. The molecule has 1 aromatic rings. The van der Waals surface area contributed by atoms with Gasteiger partial charge in [0.1, 0.15) is 0 Å². The van der Waals surface area contributed by atoms with Gasteiger partial charge < -0.3 is 15.5 Å². The van der Waals surface area contributed by atoms with Gasteiger partial charge in [0.15, 0.2) is 5.96 Å². The number of nitrogens with one attached hydrogen (secondary N) is 2. The molecule has 0 unspecified atom stereocenters. The number of guanidine groups is 1. The van der Waals surface area contributed by atoms with Crippen LogP contribution in [0.1, 0.15) is 56.7 Å². The largest absolute Gasteiger partial charge is 0.357 e. The van der Waals surface area contributed by atoms with Crippen LogP contribution >= 0.6 is 35.3 Å². The molecule has 0 aliphatic carbocycles. The van der Waals surface area contributed by atoms with Gasteiger partial charge in [-0.3, -0.25) is 9.79 Å². The van der Waals surface area contributed by atoms with E-state index in [1.165, 1.54) is 5.01 Å². The van der Waals surface area contributed by atoms with Gasteiger partial charge in [0, 0.05) is 56.9 Å². The van der Waals surface area contributed by atoms with Crippen LogP contribution in [-0.2, 0) is 11.2 Å². The zero-order chi connectivity index (χ0) is 18.1. The molecule has 1 amide bonds. The van der Waals surface area contributed by atoms with E-state index in [0.29, 0.717) is 12.3 Å². The summed E-state index contributed by atoms with van der Waals surface area (Å²) in [5.74, 6) is 1.63. The molecule has 8 heteroatoms. The quantitative estimate of drug-likeness (QED) is 0.240. The van der Waals surface area contributed by atoms with E-state index >= 15 is 0 Å². The Kier molecular flexibility index (Phi) is 11.1. The van der Waals surface area contributed by atoms with Gasteiger partial charge in [0.2, 0.25) is 5.91 Å². The number of carbonyl (C=O) groups is 1. The van der Waals surface area contributed by atoms with Gasteiger partial charge >= 0.3 is 0 Å². The Labute approximate surface area is 178 Å². The van der Waals surface area contributed by atoms with E-state index < -0.39 is 0 Å². The van der Waals surface area contributed by atoms with Gasteiger partial charge in [0.05, 0.1) is 10.7 Å². The predicted octanol–water partition coefficient (Wildman–Crippen LogP) is 2.99. The third kappa shape index (κ3) is 7.77. The van der Waals surface area contributed by atoms with Crippen LogP contribution in [0.4, 0.5) is 0 Å². The fourth-order valence-corrected chi connectivity index (χ4v) is 3.62. The van der Waals surface area contributed by atoms with Crippen LogP contribution in [0, 0.1) is 0 Å². The van der Waals surface area contributed by atoms with E-state index in [4.69, 9.17) is 0 Å². The summed E-state index contributed by atoms with van der Waals surface area (Å²) in [6.45, 7) is 10.5. The first-order chi connectivity index (χ1) is 12.1. The summed E-state index contributed by atoms with van der Waals surface area (Å²) in [5, 5.41) is 9.99. The molecule has 1 aliphatic heterocycles. The molecule has 0 saturated carbocycles. The fraction of sp³-hybridized carbons (Fsp3) is 0.722. The zero-order valence-corrected chi connectivity index (χ0v) is 19.2. The average Bonchev–Trinajstić information content (AvgIpc) is 3.21. The lowest BCUT2D eigenvalue weighted by molar-refractivity contribution is -0.127. The summed E-state index contributed by atoms with van der Waals surface area (Å²) in [7, 11) is 0. The third-order valence-corrected chi connectivity index (χ3v) is 5.30.